The van der Waals surface area contributed by atoms with Crippen molar-refractivity contribution in [1.82, 2.24) is 9.80 Å². The molecule has 0 aliphatic carbocycles. The highest BCUT2D eigenvalue weighted by Crippen LogP contribution is 2.33. The van der Waals surface area contributed by atoms with E-state index in [2.05, 4.69) is 94.0 Å². The summed E-state index contributed by atoms with van der Waals surface area (Å²) in [5.41, 5.74) is 5.24. The molecule has 2 heterocycles. The van der Waals surface area contributed by atoms with Crippen LogP contribution in [0.15, 0.2) is 78.9 Å². The van der Waals surface area contributed by atoms with Gasteiger partial charge >= 0.3 is 0 Å². The molecule has 0 aromatic heterocycles. The van der Waals surface area contributed by atoms with Crippen molar-refractivity contribution in [3.8, 4) is 5.75 Å². The molecular weight excluding hydrogens is 406 g/mol. The highest BCUT2D eigenvalue weighted by atomic mass is 16.5. The van der Waals surface area contributed by atoms with Crippen molar-refractivity contribution >= 4 is 5.69 Å². The van der Waals surface area contributed by atoms with Crippen LogP contribution in [0.2, 0.25) is 0 Å². The van der Waals surface area contributed by atoms with Gasteiger partial charge in [-0.1, -0.05) is 66.7 Å². The summed E-state index contributed by atoms with van der Waals surface area (Å²) in [4.78, 5) is 5.14. The summed E-state index contributed by atoms with van der Waals surface area (Å²) < 4.78 is 6.32. The maximum atomic E-state index is 6.32. The van der Waals surface area contributed by atoms with E-state index in [-0.39, 0.29) is 0 Å². The van der Waals surface area contributed by atoms with Crippen LogP contribution in [0.3, 0.4) is 0 Å². The summed E-state index contributed by atoms with van der Waals surface area (Å²) >= 11 is 0. The lowest BCUT2D eigenvalue weighted by molar-refractivity contribution is 0.106. The van der Waals surface area contributed by atoms with Gasteiger partial charge in [0.05, 0.1) is 0 Å². The van der Waals surface area contributed by atoms with Crippen LogP contribution in [-0.2, 0) is 19.5 Å². The van der Waals surface area contributed by atoms with Crippen LogP contribution in [0, 0.1) is 0 Å². The lowest BCUT2D eigenvalue weighted by Gasteiger charge is -2.36. The van der Waals surface area contributed by atoms with Crippen LogP contribution >= 0.6 is 0 Å². The number of nitrogens with one attached hydrogen (secondary N) is 1. The highest BCUT2D eigenvalue weighted by Gasteiger charge is 2.27. The summed E-state index contributed by atoms with van der Waals surface area (Å²) in [6.07, 6.45) is 3.69. The molecule has 0 saturated carbocycles. The van der Waals surface area contributed by atoms with Crippen LogP contribution in [0.25, 0.3) is 0 Å². The number of hydrogen-bond donors (Lipinski definition) is 1. The molecule has 2 aliphatic rings. The maximum absolute atomic E-state index is 6.32. The molecule has 1 saturated heterocycles. The first-order valence-electron chi connectivity index (χ1n) is 12.4. The van der Waals surface area contributed by atoms with Gasteiger partial charge in [-0.25, -0.2) is 0 Å². The van der Waals surface area contributed by atoms with Gasteiger partial charge in [-0.05, 0) is 55.6 Å². The van der Waals surface area contributed by atoms with Gasteiger partial charge in [-0.3, -0.25) is 4.90 Å². The Balaban J connectivity index is 1.31. The minimum Gasteiger partial charge on any atom is -0.492 e. The van der Waals surface area contributed by atoms with E-state index in [0.29, 0.717) is 6.04 Å². The maximum Gasteiger partial charge on any atom is 0.124 e. The number of anilines is 1. The Labute approximate surface area is 198 Å². The predicted octanol–water partition coefficient (Wildman–Crippen LogP) is 5.20. The Hall–Kier alpha value is -2.82. The average Bonchev–Trinajstić information content (AvgIpc) is 3.38. The molecule has 1 fully saturated rings. The molecule has 172 valence electrons. The summed E-state index contributed by atoms with van der Waals surface area (Å²) in [7, 11) is 0. The smallest absolute Gasteiger partial charge is 0.124 e. The van der Waals surface area contributed by atoms with Gasteiger partial charge in [0, 0.05) is 43.5 Å². The van der Waals surface area contributed by atoms with Gasteiger partial charge in [0.25, 0.3) is 0 Å². The van der Waals surface area contributed by atoms with Gasteiger partial charge in [0.1, 0.15) is 12.4 Å². The number of benzene rings is 3. The lowest BCUT2D eigenvalue weighted by Crippen LogP contribution is -2.42. The van der Waals surface area contributed by atoms with Gasteiger partial charge in [0.15, 0.2) is 0 Å². The van der Waals surface area contributed by atoms with Crippen molar-refractivity contribution in [1.29, 1.82) is 0 Å². The molecule has 1 N–H and O–H groups in total. The zero-order valence-electron chi connectivity index (χ0n) is 19.5. The fraction of sp³-hybridized carbons (Fsp3) is 0.379. The van der Waals surface area contributed by atoms with E-state index in [9.17, 15) is 0 Å². The van der Waals surface area contributed by atoms with E-state index in [1.54, 1.807) is 0 Å². The van der Waals surface area contributed by atoms with Crippen molar-refractivity contribution in [3.63, 3.8) is 0 Å². The third kappa shape index (κ3) is 5.76. The van der Waals surface area contributed by atoms with Crippen molar-refractivity contribution < 1.29 is 4.74 Å². The third-order valence-corrected chi connectivity index (χ3v) is 6.92. The van der Waals surface area contributed by atoms with E-state index in [0.717, 1.165) is 45.0 Å². The Morgan fingerprint density at radius 2 is 1.48 bits per heavy atom. The first kappa shape index (κ1) is 22.0. The van der Waals surface area contributed by atoms with Crippen LogP contribution in [-0.4, -0.2) is 48.6 Å². The number of rotatable bonds is 9. The number of fused-ring (bicyclic) bond motifs is 1. The second kappa shape index (κ2) is 10.9. The Morgan fingerprint density at radius 3 is 2.15 bits per heavy atom. The Kier molecular flexibility index (Phi) is 7.24. The topological polar surface area (TPSA) is 27.7 Å². The molecule has 0 bridgehead atoms. The average molecular weight is 442 g/mol. The first-order chi connectivity index (χ1) is 16.3. The zero-order chi connectivity index (χ0) is 22.3. The van der Waals surface area contributed by atoms with E-state index in [4.69, 9.17) is 4.74 Å². The zero-order valence-corrected chi connectivity index (χ0v) is 19.5. The molecule has 0 radical (unpaired) electrons. The van der Waals surface area contributed by atoms with Crippen LogP contribution < -0.4 is 10.1 Å². The summed E-state index contributed by atoms with van der Waals surface area (Å²) in [5, 5.41) is 3.72. The minimum atomic E-state index is 0.333. The summed E-state index contributed by atoms with van der Waals surface area (Å²) in [5.74, 6) is 1.04. The molecule has 5 rings (SSSR count). The van der Waals surface area contributed by atoms with Crippen molar-refractivity contribution in [3.05, 3.63) is 95.6 Å². The molecule has 33 heavy (non-hydrogen) atoms. The Bertz CT molecular complexity index is 960. The molecular formula is C29H35N3O. The number of nitrogens with zero attached hydrogens (tertiary/aromatic N) is 2. The van der Waals surface area contributed by atoms with Crippen molar-refractivity contribution in [2.24, 2.45) is 0 Å². The SMILES string of the molecule is c1ccc(CN(Cc2ccccc2)[C@@H]2COc3cccc(NCCN4CCCC4)c3C2)cc1. The third-order valence-electron chi connectivity index (χ3n) is 6.92. The fourth-order valence-electron chi connectivity index (χ4n) is 5.10. The monoisotopic (exact) mass is 441 g/mol. The molecule has 0 unspecified atom stereocenters. The van der Waals surface area contributed by atoms with Gasteiger partial charge in [-0.15, -0.1) is 0 Å². The molecule has 0 amide bonds. The first-order valence-corrected chi connectivity index (χ1v) is 12.4. The molecule has 4 heteroatoms. The molecule has 1 atom stereocenters. The van der Waals surface area contributed by atoms with Crippen molar-refractivity contribution in [2.45, 2.75) is 38.4 Å². The summed E-state index contributed by atoms with van der Waals surface area (Å²) in [6, 6.07) is 28.4. The van der Waals surface area contributed by atoms with E-state index in [1.165, 1.54) is 48.3 Å². The number of ether oxygens (including phenoxy) is 1. The summed E-state index contributed by atoms with van der Waals surface area (Å²) in [6.45, 7) is 7.15. The second-order valence-electron chi connectivity index (χ2n) is 9.30. The molecule has 2 aliphatic heterocycles. The van der Waals surface area contributed by atoms with Crippen LogP contribution in [0.5, 0.6) is 5.75 Å². The molecule has 3 aromatic carbocycles. The minimum absolute atomic E-state index is 0.333. The standard InChI is InChI=1S/C29H35N3O/c1-3-10-24(11-4-1)21-32(22-25-12-5-2-6-13-25)26-20-27-28(14-9-15-29(27)33-23-26)30-16-19-31-17-7-8-18-31/h1-6,9-15,26,30H,7-8,16-23H2/t26-/m0/s1. The van der Waals surface area contributed by atoms with Crippen LogP contribution in [0.4, 0.5) is 5.69 Å². The Morgan fingerprint density at radius 1 is 0.818 bits per heavy atom. The number of likely N-dealkylation sites (tertiary alicyclic amines) is 1. The van der Waals surface area contributed by atoms with Gasteiger partial charge < -0.3 is 15.0 Å². The molecule has 3 aromatic rings. The highest BCUT2D eigenvalue weighted by molar-refractivity contribution is 5.58. The molecule has 0 spiro atoms. The fourth-order valence-corrected chi connectivity index (χ4v) is 5.10. The largest absolute Gasteiger partial charge is 0.492 e. The van der Waals surface area contributed by atoms with E-state index in [1.807, 2.05) is 0 Å². The van der Waals surface area contributed by atoms with E-state index < -0.39 is 0 Å². The van der Waals surface area contributed by atoms with E-state index >= 15 is 0 Å². The normalized spacial score (nSPS) is 18.2. The van der Waals surface area contributed by atoms with Gasteiger partial charge in [0.2, 0.25) is 0 Å². The lowest BCUT2D eigenvalue weighted by atomic mass is 9.98. The quantitative estimate of drug-likeness (QED) is 0.494. The number of hydrogen-bond acceptors (Lipinski definition) is 4. The van der Waals surface area contributed by atoms with Gasteiger partial charge in [-0.2, -0.15) is 0 Å². The second-order valence-corrected chi connectivity index (χ2v) is 9.30. The molecule has 4 nitrogen and oxygen atoms in total. The predicted molar refractivity (Wildman–Crippen MR) is 136 cm³/mol. The van der Waals surface area contributed by atoms with Crippen molar-refractivity contribution in [2.75, 3.05) is 38.1 Å². The van der Waals surface area contributed by atoms with Crippen LogP contribution in [0.1, 0.15) is 29.5 Å².